The molecule has 0 amide bonds. The van der Waals surface area contributed by atoms with Gasteiger partial charge < -0.3 is 15.8 Å². The molecule has 1 aromatic rings. The highest BCUT2D eigenvalue weighted by Gasteiger charge is 2.08. The van der Waals surface area contributed by atoms with Gasteiger partial charge in [-0.15, -0.1) is 0 Å². The molecular weight excluding hydrogens is 190 g/mol. The molecule has 84 valence electrons. The molecule has 0 radical (unpaired) electrons. The van der Waals surface area contributed by atoms with Gasteiger partial charge in [0.05, 0.1) is 12.8 Å². The molecule has 1 aromatic heterocycles. The highest BCUT2D eigenvalue weighted by Crippen LogP contribution is 2.23. The monoisotopic (exact) mass is 209 g/mol. The van der Waals surface area contributed by atoms with Crippen molar-refractivity contribution in [3.05, 3.63) is 23.0 Å². The molecule has 1 rings (SSSR count). The number of nitrogens with two attached hydrogens (primary N) is 1. The highest BCUT2D eigenvalue weighted by molar-refractivity contribution is 5.40. The van der Waals surface area contributed by atoms with Crippen molar-refractivity contribution in [2.75, 3.05) is 20.2 Å². The van der Waals surface area contributed by atoms with Crippen LogP contribution in [-0.4, -0.2) is 25.2 Å². The fourth-order valence-electron chi connectivity index (χ4n) is 1.56. The highest BCUT2D eigenvalue weighted by atomic mass is 16.5. The molecule has 0 saturated heterocycles. The molecule has 3 N–H and O–H groups in total. The molecule has 0 fully saturated rings. The van der Waals surface area contributed by atoms with Gasteiger partial charge in [-0.25, -0.2) is 0 Å². The van der Waals surface area contributed by atoms with E-state index in [0.29, 0.717) is 6.54 Å². The van der Waals surface area contributed by atoms with E-state index in [9.17, 15) is 0 Å². The van der Waals surface area contributed by atoms with E-state index in [-0.39, 0.29) is 0 Å². The molecule has 0 aromatic carbocycles. The Balaban J connectivity index is 2.80. The smallest absolute Gasteiger partial charge is 0.128 e. The third-order valence-electron chi connectivity index (χ3n) is 2.36. The number of hydrogen-bond donors (Lipinski definition) is 2. The fraction of sp³-hybridized carbons (Fsp3) is 0.545. The Hall–Kier alpha value is -1.13. The topological polar surface area (TPSA) is 60.2 Å². The van der Waals surface area contributed by atoms with Gasteiger partial charge in [0.25, 0.3) is 0 Å². The molecule has 0 saturated carbocycles. The van der Waals surface area contributed by atoms with Crippen molar-refractivity contribution in [2.24, 2.45) is 5.73 Å². The van der Waals surface area contributed by atoms with Crippen molar-refractivity contribution < 1.29 is 4.74 Å². The normalized spacial score (nSPS) is 10.4. The number of hydrogen-bond acceptors (Lipinski definition) is 4. The minimum atomic E-state index is 0.641. The SMILES string of the molecule is COc1c(C)cnc(CNCCN)c1C. The van der Waals surface area contributed by atoms with Crippen LogP contribution in [0.5, 0.6) is 5.75 Å². The zero-order valence-corrected chi connectivity index (χ0v) is 9.63. The Labute approximate surface area is 90.8 Å². The summed E-state index contributed by atoms with van der Waals surface area (Å²) in [6, 6.07) is 0. The van der Waals surface area contributed by atoms with Crippen LogP contribution in [0.4, 0.5) is 0 Å². The number of pyridine rings is 1. The van der Waals surface area contributed by atoms with Crippen molar-refractivity contribution in [1.82, 2.24) is 10.3 Å². The van der Waals surface area contributed by atoms with Gasteiger partial charge in [-0.2, -0.15) is 0 Å². The summed E-state index contributed by atoms with van der Waals surface area (Å²) in [6.45, 7) is 6.20. The third kappa shape index (κ3) is 2.91. The molecule has 15 heavy (non-hydrogen) atoms. The summed E-state index contributed by atoms with van der Waals surface area (Å²) in [4.78, 5) is 4.37. The second kappa shape index (κ2) is 5.68. The number of aromatic nitrogens is 1. The van der Waals surface area contributed by atoms with Gasteiger partial charge in [0.15, 0.2) is 0 Å². The summed E-state index contributed by atoms with van der Waals surface area (Å²) in [6.07, 6.45) is 1.84. The minimum Gasteiger partial charge on any atom is -0.496 e. The quantitative estimate of drug-likeness (QED) is 0.703. The van der Waals surface area contributed by atoms with Gasteiger partial charge in [0.1, 0.15) is 5.75 Å². The number of nitrogens with zero attached hydrogens (tertiary/aromatic N) is 1. The summed E-state index contributed by atoms with van der Waals surface area (Å²) >= 11 is 0. The van der Waals surface area contributed by atoms with E-state index >= 15 is 0 Å². The van der Waals surface area contributed by atoms with E-state index in [4.69, 9.17) is 10.5 Å². The molecule has 0 aliphatic rings. The van der Waals surface area contributed by atoms with Crippen LogP contribution in [0.2, 0.25) is 0 Å². The van der Waals surface area contributed by atoms with Crippen molar-refractivity contribution in [2.45, 2.75) is 20.4 Å². The van der Waals surface area contributed by atoms with Crippen molar-refractivity contribution in [1.29, 1.82) is 0 Å². The molecule has 0 unspecified atom stereocenters. The first-order chi connectivity index (χ1) is 7.20. The second-order valence-electron chi connectivity index (χ2n) is 3.51. The molecule has 1 heterocycles. The molecule has 0 bridgehead atoms. The van der Waals surface area contributed by atoms with E-state index in [1.54, 1.807) is 7.11 Å². The van der Waals surface area contributed by atoms with Gasteiger partial charge in [-0.05, 0) is 13.8 Å². The number of aryl methyl sites for hydroxylation is 1. The van der Waals surface area contributed by atoms with E-state index in [0.717, 1.165) is 35.7 Å². The Morgan fingerprint density at radius 1 is 1.47 bits per heavy atom. The zero-order valence-electron chi connectivity index (χ0n) is 9.63. The lowest BCUT2D eigenvalue weighted by Crippen LogP contribution is -2.23. The van der Waals surface area contributed by atoms with E-state index < -0.39 is 0 Å². The number of methoxy groups -OCH3 is 1. The maximum Gasteiger partial charge on any atom is 0.128 e. The lowest BCUT2D eigenvalue weighted by molar-refractivity contribution is 0.406. The van der Waals surface area contributed by atoms with Crippen LogP contribution in [0.15, 0.2) is 6.20 Å². The molecule has 0 aliphatic carbocycles. The van der Waals surface area contributed by atoms with Gasteiger partial charge in [-0.3, -0.25) is 4.98 Å². The zero-order chi connectivity index (χ0) is 11.3. The maximum absolute atomic E-state index is 5.40. The van der Waals surface area contributed by atoms with Crippen LogP contribution in [0.25, 0.3) is 0 Å². The van der Waals surface area contributed by atoms with Gasteiger partial charge in [-0.1, -0.05) is 0 Å². The lowest BCUT2D eigenvalue weighted by atomic mass is 10.1. The van der Waals surface area contributed by atoms with Crippen molar-refractivity contribution >= 4 is 0 Å². The molecular formula is C11H19N3O. The van der Waals surface area contributed by atoms with Crippen LogP contribution in [0, 0.1) is 13.8 Å². The molecule has 0 aliphatic heterocycles. The Morgan fingerprint density at radius 3 is 2.80 bits per heavy atom. The van der Waals surface area contributed by atoms with Gasteiger partial charge in [0, 0.05) is 37.0 Å². The molecule has 4 heteroatoms. The number of ether oxygens (including phenoxy) is 1. The first kappa shape index (κ1) is 11.9. The van der Waals surface area contributed by atoms with Gasteiger partial charge in [0.2, 0.25) is 0 Å². The lowest BCUT2D eigenvalue weighted by Gasteiger charge is -2.12. The average Bonchev–Trinajstić information content (AvgIpc) is 2.22. The van der Waals surface area contributed by atoms with Gasteiger partial charge >= 0.3 is 0 Å². The third-order valence-corrected chi connectivity index (χ3v) is 2.36. The predicted molar refractivity (Wildman–Crippen MR) is 61.0 cm³/mol. The van der Waals surface area contributed by atoms with Crippen molar-refractivity contribution in [3.63, 3.8) is 0 Å². The Morgan fingerprint density at radius 2 is 2.20 bits per heavy atom. The minimum absolute atomic E-state index is 0.641. The largest absolute Gasteiger partial charge is 0.496 e. The van der Waals surface area contributed by atoms with E-state index in [1.807, 2.05) is 20.0 Å². The summed E-state index contributed by atoms with van der Waals surface area (Å²) in [5.41, 5.74) is 8.59. The van der Waals surface area contributed by atoms with E-state index in [1.165, 1.54) is 0 Å². The Bertz CT molecular complexity index is 326. The van der Waals surface area contributed by atoms with Crippen LogP contribution in [0.1, 0.15) is 16.8 Å². The van der Waals surface area contributed by atoms with E-state index in [2.05, 4.69) is 10.3 Å². The first-order valence-electron chi connectivity index (χ1n) is 5.10. The second-order valence-corrected chi connectivity index (χ2v) is 3.51. The standard InChI is InChI=1S/C11H19N3O/c1-8-6-14-10(7-13-5-4-12)9(2)11(8)15-3/h6,13H,4-5,7,12H2,1-3H3. The molecule has 0 spiro atoms. The van der Waals surface area contributed by atoms with Crippen LogP contribution < -0.4 is 15.8 Å². The first-order valence-corrected chi connectivity index (χ1v) is 5.10. The van der Waals surface area contributed by atoms with Crippen molar-refractivity contribution in [3.8, 4) is 5.75 Å². The predicted octanol–water partition coefficient (Wildman–Crippen LogP) is 0.755. The Kier molecular flexibility index (Phi) is 4.52. The summed E-state index contributed by atoms with van der Waals surface area (Å²) in [7, 11) is 1.69. The molecule has 4 nitrogen and oxygen atoms in total. The number of nitrogens with one attached hydrogen (secondary N) is 1. The molecule has 0 atom stereocenters. The maximum atomic E-state index is 5.40. The van der Waals surface area contributed by atoms with Crippen LogP contribution in [0.3, 0.4) is 0 Å². The average molecular weight is 209 g/mol. The summed E-state index contributed by atoms with van der Waals surface area (Å²) in [5, 5.41) is 3.22. The van der Waals surface area contributed by atoms with Crippen LogP contribution >= 0.6 is 0 Å². The van der Waals surface area contributed by atoms with Crippen LogP contribution in [-0.2, 0) is 6.54 Å². The fourth-order valence-corrected chi connectivity index (χ4v) is 1.56. The summed E-state index contributed by atoms with van der Waals surface area (Å²) < 4.78 is 5.33. The summed E-state index contributed by atoms with van der Waals surface area (Å²) in [5.74, 6) is 0.926. The number of rotatable bonds is 5.